The maximum Gasteiger partial charge on any atom is 0.320 e. The minimum Gasteiger partial charge on any atom is -0.497 e. The number of esters is 1. The summed E-state index contributed by atoms with van der Waals surface area (Å²) in [4.78, 5) is 26.3. The van der Waals surface area contributed by atoms with Gasteiger partial charge in [0.2, 0.25) is 5.91 Å². The Hall–Kier alpha value is -2.48. The molecular formula is C21H27N3O4S. The van der Waals surface area contributed by atoms with Gasteiger partial charge in [-0.1, -0.05) is 6.07 Å². The smallest absolute Gasteiger partial charge is 0.320 e. The second-order valence-corrected chi connectivity index (χ2v) is 8.30. The molecular weight excluding hydrogens is 390 g/mol. The second kappa shape index (κ2) is 9.35. The molecule has 1 fully saturated rings. The average Bonchev–Trinajstić information content (AvgIpc) is 3.04. The fraction of sp³-hybridized carbons (Fsp3) is 0.476. The first-order chi connectivity index (χ1) is 13.9. The van der Waals surface area contributed by atoms with Crippen molar-refractivity contribution in [1.82, 2.24) is 14.7 Å². The van der Waals surface area contributed by atoms with Crippen LogP contribution in [0.5, 0.6) is 5.75 Å². The number of hydrogen-bond donors (Lipinski definition) is 0. The molecule has 1 amide bonds. The van der Waals surface area contributed by atoms with Gasteiger partial charge in [0, 0.05) is 37.0 Å². The molecule has 1 aromatic carbocycles. The zero-order valence-corrected chi connectivity index (χ0v) is 18.1. The van der Waals surface area contributed by atoms with Gasteiger partial charge in [0.15, 0.2) is 0 Å². The summed E-state index contributed by atoms with van der Waals surface area (Å²) in [6.45, 7) is 5.06. The molecule has 29 heavy (non-hydrogen) atoms. The topological polar surface area (TPSA) is 73.7 Å². The number of aromatic nitrogens is 2. The van der Waals surface area contributed by atoms with Gasteiger partial charge in [-0.05, 0) is 38.0 Å². The SMILES string of the molecule is COC(=O)[C@@H]1CN(C(=O)CCc2c(C)nn(-c3cccc(OC)c3)c2C)CCS1. The highest BCUT2D eigenvalue weighted by molar-refractivity contribution is 8.00. The van der Waals surface area contributed by atoms with Gasteiger partial charge in [-0.25, -0.2) is 4.68 Å². The first-order valence-electron chi connectivity index (χ1n) is 9.61. The lowest BCUT2D eigenvalue weighted by Gasteiger charge is -2.31. The van der Waals surface area contributed by atoms with Crippen LogP contribution in [0, 0.1) is 13.8 Å². The summed E-state index contributed by atoms with van der Waals surface area (Å²) in [6.07, 6.45) is 1.01. The monoisotopic (exact) mass is 417 g/mol. The van der Waals surface area contributed by atoms with Crippen LogP contribution < -0.4 is 4.74 Å². The zero-order valence-electron chi connectivity index (χ0n) is 17.3. The Morgan fingerprint density at radius 1 is 1.28 bits per heavy atom. The fourth-order valence-electron chi connectivity index (χ4n) is 3.57. The van der Waals surface area contributed by atoms with Crippen molar-refractivity contribution in [3.63, 3.8) is 0 Å². The predicted molar refractivity (Wildman–Crippen MR) is 113 cm³/mol. The van der Waals surface area contributed by atoms with Gasteiger partial charge in [0.25, 0.3) is 0 Å². The summed E-state index contributed by atoms with van der Waals surface area (Å²) in [5.74, 6) is 1.32. The third-order valence-electron chi connectivity index (χ3n) is 5.21. The van der Waals surface area contributed by atoms with Crippen LogP contribution in [-0.4, -0.2) is 64.9 Å². The highest BCUT2D eigenvalue weighted by Gasteiger charge is 2.29. The molecule has 1 aliphatic rings. The van der Waals surface area contributed by atoms with E-state index in [9.17, 15) is 9.59 Å². The Morgan fingerprint density at radius 2 is 2.07 bits per heavy atom. The van der Waals surface area contributed by atoms with Gasteiger partial charge >= 0.3 is 5.97 Å². The number of amides is 1. The normalized spacial score (nSPS) is 16.6. The van der Waals surface area contributed by atoms with Gasteiger partial charge in [-0.15, -0.1) is 11.8 Å². The van der Waals surface area contributed by atoms with Crippen LogP contribution in [0.4, 0.5) is 0 Å². The molecule has 0 aliphatic carbocycles. The Kier molecular flexibility index (Phi) is 6.84. The van der Waals surface area contributed by atoms with E-state index in [0.29, 0.717) is 25.9 Å². The average molecular weight is 418 g/mol. The number of nitrogens with zero attached hydrogens (tertiary/aromatic N) is 3. The van der Waals surface area contributed by atoms with E-state index in [1.165, 1.54) is 7.11 Å². The van der Waals surface area contributed by atoms with Crippen molar-refractivity contribution >= 4 is 23.6 Å². The standard InChI is InChI=1S/C21H27N3O4S/c1-14-18(15(2)24(22-14)16-6-5-7-17(12-16)27-3)8-9-20(25)23-10-11-29-19(13-23)21(26)28-4/h5-7,12,19H,8-11,13H2,1-4H3/t19-/m0/s1. The first-order valence-corrected chi connectivity index (χ1v) is 10.7. The molecule has 1 aromatic heterocycles. The van der Waals surface area contributed by atoms with Crippen LogP contribution in [0.15, 0.2) is 24.3 Å². The van der Waals surface area contributed by atoms with E-state index in [0.717, 1.165) is 34.1 Å². The summed E-state index contributed by atoms with van der Waals surface area (Å²) in [6, 6.07) is 7.75. The molecule has 1 aliphatic heterocycles. The third kappa shape index (κ3) is 4.75. The van der Waals surface area contributed by atoms with E-state index in [1.807, 2.05) is 42.8 Å². The van der Waals surface area contributed by atoms with E-state index in [2.05, 4.69) is 5.10 Å². The van der Waals surface area contributed by atoms with Crippen LogP contribution in [0.2, 0.25) is 0 Å². The van der Waals surface area contributed by atoms with E-state index in [4.69, 9.17) is 9.47 Å². The first kappa shape index (κ1) is 21.2. The van der Waals surface area contributed by atoms with Crippen LogP contribution in [0.25, 0.3) is 5.69 Å². The van der Waals surface area contributed by atoms with Gasteiger partial charge in [-0.2, -0.15) is 5.10 Å². The van der Waals surface area contributed by atoms with E-state index < -0.39 is 0 Å². The molecule has 1 saturated heterocycles. The molecule has 0 spiro atoms. The van der Waals surface area contributed by atoms with Crippen molar-refractivity contribution in [3.8, 4) is 11.4 Å². The number of hydrogen-bond acceptors (Lipinski definition) is 6. The maximum absolute atomic E-state index is 12.7. The van der Waals surface area contributed by atoms with Gasteiger partial charge in [0.05, 0.1) is 25.6 Å². The summed E-state index contributed by atoms with van der Waals surface area (Å²) in [5.41, 5.74) is 3.94. The summed E-state index contributed by atoms with van der Waals surface area (Å²) >= 11 is 1.55. The molecule has 0 saturated carbocycles. The highest BCUT2D eigenvalue weighted by Crippen LogP contribution is 2.24. The molecule has 0 bridgehead atoms. The van der Waals surface area contributed by atoms with Crippen molar-refractivity contribution in [2.45, 2.75) is 31.9 Å². The maximum atomic E-state index is 12.7. The lowest BCUT2D eigenvalue weighted by atomic mass is 10.1. The number of thioether (sulfide) groups is 1. The van der Waals surface area contributed by atoms with Gasteiger partial charge in [-0.3, -0.25) is 9.59 Å². The van der Waals surface area contributed by atoms with Crippen molar-refractivity contribution in [1.29, 1.82) is 0 Å². The van der Waals surface area contributed by atoms with Gasteiger partial charge < -0.3 is 14.4 Å². The minimum absolute atomic E-state index is 0.0622. The molecule has 3 rings (SSSR count). The van der Waals surface area contributed by atoms with E-state index >= 15 is 0 Å². The van der Waals surface area contributed by atoms with Crippen molar-refractivity contribution in [2.75, 3.05) is 33.1 Å². The zero-order chi connectivity index (χ0) is 21.0. The molecule has 0 N–H and O–H groups in total. The second-order valence-electron chi connectivity index (χ2n) is 6.99. The number of methoxy groups -OCH3 is 2. The Bertz CT molecular complexity index is 896. The van der Waals surface area contributed by atoms with Crippen LogP contribution in [0.3, 0.4) is 0 Å². The Labute approximate surface area is 175 Å². The number of benzene rings is 1. The summed E-state index contributed by atoms with van der Waals surface area (Å²) in [7, 11) is 3.02. The lowest BCUT2D eigenvalue weighted by Crippen LogP contribution is -2.45. The molecule has 2 aromatic rings. The third-order valence-corrected chi connectivity index (χ3v) is 6.37. The van der Waals surface area contributed by atoms with Crippen molar-refractivity contribution in [3.05, 3.63) is 41.2 Å². The fourth-order valence-corrected chi connectivity index (χ4v) is 4.70. The Balaban J connectivity index is 1.68. The Morgan fingerprint density at radius 3 is 2.79 bits per heavy atom. The largest absolute Gasteiger partial charge is 0.497 e. The molecule has 7 nitrogen and oxygen atoms in total. The van der Waals surface area contributed by atoms with E-state index in [1.54, 1.807) is 23.8 Å². The summed E-state index contributed by atoms with van der Waals surface area (Å²) in [5, 5.41) is 4.37. The van der Waals surface area contributed by atoms with Gasteiger partial charge in [0.1, 0.15) is 11.0 Å². The number of carbonyl (C=O) groups is 2. The molecule has 156 valence electrons. The van der Waals surface area contributed by atoms with Crippen LogP contribution in [-0.2, 0) is 20.7 Å². The molecule has 1 atom stereocenters. The molecule has 0 radical (unpaired) electrons. The van der Waals surface area contributed by atoms with Crippen LogP contribution in [0.1, 0.15) is 23.4 Å². The quantitative estimate of drug-likeness (QED) is 0.673. The lowest BCUT2D eigenvalue weighted by molar-refractivity contribution is -0.141. The molecule has 2 heterocycles. The predicted octanol–water partition coefficient (Wildman–Crippen LogP) is 2.55. The number of rotatable bonds is 6. The number of carbonyl (C=O) groups excluding carboxylic acids is 2. The van der Waals surface area contributed by atoms with Crippen LogP contribution >= 0.6 is 11.8 Å². The molecule has 0 unspecified atom stereocenters. The molecule has 8 heteroatoms. The minimum atomic E-state index is -0.294. The number of ether oxygens (including phenoxy) is 2. The highest BCUT2D eigenvalue weighted by atomic mass is 32.2. The van der Waals surface area contributed by atoms with E-state index in [-0.39, 0.29) is 17.1 Å². The number of aryl methyl sites for hydroxylation is 1. The van der Waals surface area contributed by atoms with Crippen molar-refractivity contribution < 1.29 is 19.1 Å². The summed E-state index contributed by atoms with van der Waals surface area (Å²) < 4.78 is 12.0. The van der Waals surface area contributed by atoms with Crippen molar-refractivity contribution in [2.24, 2.45) is 0 Å².